The highest BCUT2D eigenvalue weighted by Gasteiger charge is 2.06. The van der Waals surface area contributed by atoms with E-state index in [0.29, 0.717) is 0 Å². The summed E-state index contributed by atoms with van der Waals surface area (Å²) in [5.74, 6) is -1.47. The number of benzene rings is 1. The molecule has 0 aliphatic heterocycles. The Bertz CT molecular complexity index is 260. The molecular formula is C8H4F3. The molecule has 0 fully saturated rings. The van der Waals surface area contributed by atoms with E-state index < -0.39 is 11.9 Å². The van der Waals surface area contributed by atoms with E-state index >= 15 is 0 Å². The molecule has 0 saturated heterocycles. The molecule has 0 N–H and O–H groups in total. The molecule has 0 unspecified atom stereocenters. The van der Waals surface area contributed by atoms with E-state index in [0.717, 1.165) is 0 Å². The normalized spacial score (nSPS) is 9.36. The van der Waals surface area contributed by atoms with Crippen molar-refractivity contribution in [1.82, 2.24) is 0 Å². The molecule has 0 amide bonds. The average Bonchev–Trinajstić information content (AvgIpc) is 2.05. The predicted octanol–water partition coefficient (Wildman–Crippen LogP) is 3.02. The van der Waals surface area contributed by atoms with Gasteiger partial charge in [0.05, 0.1) is 0 Å². The second-order valence-electron chi connectivity index (χ2n) is 1.86. The smallest absolute Gasteiger partial charge is 0.200 e. The molecule has 1 radical (unpaired) electrons. The third-order valence-electron chi connectivity index (χ3n) is 1.14. The van der Waals surface area contributed by atoms with Gasteiger partial charge in [0.15, 0.2) is 5.83 Å². The molecule has 0 heterocycles. The van der Waals surface area contributed by atoms with E-state index in [9.17, 15) is 13.2 Å². The molecular weight excluding hydrogens is 153 g/mol. The van der Waals surface area contributed by atoms with Crippen LogP contribution in [0.15, 0.2) is 30.3 Å². The summed E-state index contributed by atoms with van der Waals surface area (Å²) in [5, 5.41) is 0. The van der Waals surface area contributed by atoms with Gasteiger partial charge in [-0.15, -0.1) is 0 Å². The highest BCUT2D eigenvalue weighted by Crippen LogP contribution is 2.20. The summed E-state index contributed by atoms with van der Waals surface area (Å²) in [6, 6.07) is 7.80. The summed E-state index contributed by atoms with van der Waals surface area (Å²) < 4.78 is 35.6. The first-order chi connectivity index (χ1) is 5.22. The molecule has 0 bridgehead atoms. The van der Waals surface area contributed by atoms with Crippen LogP contribution < -0.4 is 0 Å². The topological polar surface area (TPSA) is 0 Å². The maximum atomic E-state index is 12.4. The summed E-state index contributed by atoms with van der Waals surface area (Å²) in [6.07, 6.45) is -2.30. The van der Waals surface area contributed by atoms with Gasteiger partial charge >= 0.3 is 6.08 Å². The summed E-state index contributed by atoms with van der Waals surface area (Å²) in [4.78, 5) is 0. The van der Waals surface area contributed by atoms with E-state index in [-0.39, 0.29) is 5.56 Å². The van der Waals surface area contributed by atoms with Crippen LogP contribution in [0.5, 0.6) is 0 Å². The monoisotopic (exact) mass is 157 g/mol. The van der Waals surface area contributed by atoms with Gasteiger partial charge in [-0.1, -0.05) is 24.3 Å². The fraction of sp³-hybridized carbons (Fsp3) is 0. The third-order valence-corrected chi connectivity index (χ3v) is 1.14. The molecule has 0 aliphatic carbocycles. The van der Waals surface area contributed by atoms with Crippen LogP contribution in [0.25, 0.3) is 5.83 Å². The first kappa shape index (κ1) is 7.85. The summed E-state index contributed by atoms with van der Waals surface area (Å²) in [7, 11) is 0. The quantitative estimate of drug-likeness (QED) is 0.587. The Morgan fingerprint density at radius 2 is 1.64 bits per heavy atom. The van der Waals surface area contributed by atoms with Crippen molar-refractivity contribution < 1.29 is 13.2 Å². The maximum absolute atomic E-state index is 12.4. The Kier molecular flexibility index (Phi) is 2.31. The largest absolute Gasteiger partial charge is 0.306 e. The van der Waals surface area contributed by atoms with Crippen molar-refractivity contribution in [2.45, 2.75) is 0 Å². The van der Waals surface area contributed by atoms with Gasteiger partial charge in [-0.2, -0.15) is 8.78 Å². The minimum Gasteiger partial charge on any atom is -0.200 e. The standard InChI is InChI=1S/C8H4F3/c9-7(8(10)11)6-4-2-1-3-5-6/h2-5H. The Morgan fingerprint density at radius 1 is 1.09 bits per heavy atom. The highest BCUT2D eigenvalue weighted by molar-refractivity contribution is 5.58. The van der Waals surface area contributed by atoms with Crippen LogP contribution in [-0.2, 0) is 0 Å². The minimum atomic E-state index is -2.30. The molecule has 0 nitrogen and oxygen atoms in total. The zero-order valence-electron chi connectivity index (χ0n) is 5.44. The van der Waals surface area contributed by atoms with Gasteiger partial charge in [-0.25, -0.2) is 4.39 Å². The van der Waals surface area contributed by atoms with Crippen molar-refractivity contribution in [2.75, 3.05) is 0 Å². The summed E-state index contributed by atoms with van der Waals surface area (Å²) in [6.45, 7) is 0. The predicted molar refractivity (Wildman–Crippen MR) is 35.5 cm³/mol. The SMILES string of the molecule is FC(F)=C(F)c1cc[c]cc1. The molecule has 0 atom stereocenters. The first-order valence-corrected chi connectivity index (χ1v) is 2.89. The Hall–Kier alpha value is -1.25. The molecule has 0 aromatic heterocycles. The lowest BCUT2D eigenvalue weighted by Gasteiger charge is -1.93. The van der Waals surface area contributed by atoms with Crippen molar-refractivity contribution in [3.05, 3.63) is 42.0 Å². The molecule has 1 aromatic rings. The molecule has 1 rings (SSSR count). The van der Waals surface area contributed by atoms with Crippen molar-refractivity contribution >= 4 is 5.83 Å². The molecule has 0 spiro atoms. The minimum absolute atomic E-state index is 0.122. The Morgan fingerprint density at radius 3 is 2.09 bits per heavy atom. The number of rotatable bonds is 1. The van der Waals surface area contributed by atoms with Crippen LogP contribution in [0.1, 0.15) is 5.56 Å². The van der Waals surface area contributed by atoms with Gasteiger partial charge in [-0.3, -0.25) is 0 Å². The molecule has 3 heteroatoms. The second kappa shape index (κ2) is 3.23. The van der Waals surface area contributed by atoms with Crippen molar-refractivity contribution in [2.24, 2.45) is 0 Å². The van der Waals surface area contributed by atoms with E-state index in [1.165, 1.54) is 24.3 Å². The van der Waals surface area contributed by atoms with Crippen molar-refractivity contribution in [3.8, 4) is 0 Å². The fourth-order valence-electron chi connectivity index (χ4n) is 0.642. The van der Waals surface area contributed by atoms with Crippen molar-refractivity contribution in [3.63, 3.8) is 0 Å². The van der Waals surface area contributed by atoms with Crippen LogP contribution >= 0.6 is 0 Å². The van der Waals surface area contributed by atoms with E-state index in [1.807, 2.05) is 0 Å². The van der Waals surface area contributed by atoms with Crippen LogP contribution in [0.2, 0.25) is 0 Å². The lowest BCUT2D eigenvalue weighted by atomic mass is 10.2. The van der Waals surface area contributed by atoms with Crippen LogP contribution in [0, 0.1) is 6.07 Å². The summed E-state index contributed by atoms with van der Waals surface area (Å²) >= 11 is 0. The Balaban J connectivity index is 3.04. The molecule has 0 saturated carbocycles. The maximum Gasteiger partial charge on any atom is 0.306 e. The number of hydrogen-bond acceptors (Lipinski definition) is 0. The summed E-state index contributed by atoms with van der Waals surface area (Å²) in [5.41, 5.74) is -0.122. The molecule has 0 aliphatic rings. The lowest BCUT2D eigenvalue weighted by Crippen LogP contribution is -1.77. The Labute approximate surface area is 62.0 Å². The van der Waals surface area contributed by atoms with Gasteiger partial charge in [0.2, 0.25) is 0 Å². The molecule has 57 valence electrons. The zero-order chi connectivity index (χ0) is 8.27. The van der Waals surface area contributed by atoms with Gasteiger partial charge in [0.1, 0.15) is 0 Å². The van der Waals surface area contributed by atoms with Crippen LogP contribution in [-0.4, -0.2) is 0 Å². The van der Waals surface area contributed by atoms with Crippen LogP contribution in [0.3, 0.4) is 0 Å². The van der Waals surface area contributed by atoms with Gasteiger partial charge < -0.3 is 0 Å². The van der Waals surface area contributed by atoms with Gasteiger partial charge in [0.25, 0.3) is 0 Å². The number of hydrogen-bond donors (Lipinski definition) is 0. The van der Waals surface area contributed by atoms with Gasteiger partial charge in [0, 0.05) is 5.56 Å². The zero-order valence-corrected chi connectivity index (χ0v) is 5.44. The van der Waals surface area contributed by atoms with Crippen LogP contribution in [0.4, 0.5) is 13.2 Å². The first-order valence-electron chi connectivity index (χ1n) is 2.89. The van der Waals surface area contributed by atoms with E-state index in [2.05, 4.69) is 6.07 Å². The number of halogens is 3. The van der Waals surface area contributed by atoms with Crippen molar-refractivity contribution in [1.29, 1.82) is 0 Å². The second-order valence-corrected chi connectivity index (χ2v) is 1.86. The average molecular weight is 157 g/mol. The third kappa shape index (κ3) is 1.83. The lowest BCUT2D eigenvalue weighted by molar-refractivity contribution is 0.410. The molecule has 1 aromatic carbocycles. The fourth-order valence-corrected chi connectivity index (χ4v) is 0.642. The molecule has 11 heavy (non-hydrogen) atoms. The van der Waals surface area contributed by atoms with Gasteiger partial charge in [-0.05, 0) is 6.07 Å². The van der Waals surface area contributed by atoms with E-state index in [4.69, 9.17) is 0 Å². The van der Waals surface area contributed by atoms with E-state index in [1.54, 1.807) is 0 Å². The highest BCUT2D eigenvalue weighted by atomic mass is 19.3.